The summed E-state index contributed by atoms with van der Waals surface area (Å²) in [6, 6.07) is 4.89. The Kier molecular flexibility index (Phi) is 3.46. The Morgan fingerprint density at radius 1 is 1.42 bits per heavy atom. The standard InChI is InChI=1S/C12H14N4O3/c1-7(2)13-10-5-4-9(6-11(10)16(17)18)12-14-8(3)15-19-12/h4-7,13H,1-3H3. The van der Waals surface area contributed by atoms with Crippen molar-refractivity contribution in [1.82, 2.24) is 10.1 Å². The average Bonchev–Trinajstić information content (AvgIpc) is 2.75. The highest BCUT2D eigenvalue weighted by molar-refractivity contribution is 5.70. The highest BCUT2D eigenvalue weighted by Gasteiger charge is 2.18. The zero-order chi connectivity index (χ0) is 14.0. The first kappa shape index (κ1) is 13.0. The highest BCUT2D eigenvalue weighted by Crippen LogP contribution is 2.30. The van der Waals surface area contributed by atoms with Crippen molar-refractivity contribution < 1.29 is 9.45 Å². The molecule has 0 aliphatic heterocycles. The van der Waals surface area contributed by atoms with E-state index in [4.69, 9.17) is 4.52 Å². The van der Waals surface area contributed by atoms with Crippen molar-refractivity contribution in [2.24, 2.45) is 0 Å². The molecule has 1 aromatic heterocycles. The van der Waals surface area contributed by atoms with Crippen LogP contribution in [0.3, 0.4) is 0 Å². The molecule has 1 N–H and O–H groups in total. The van der Waals surface area contributed by atoms with E-state index in [0.29, 0.717) is 17.1 Å². The molecule has 2 rings (SSSR count). The first-order valence-electron chi connectivity index (χ1n) is 5.83. The summed E-state index contributed by atoms with van der Waals surface area (Å²) in [5, 5.41) is 17.8. The van der Waals surface area contributed by atoms with Gasteiger partial charge in [0.15, 0.2) is 5.82 Å². The lowest BCUT2D eigenvalue weighted by Gasteiger charge is -2.10. The Morgan fingerprint density at radius 3 is 2.68 bits per heavy atom. The topological polar surface area (TPSA) is 94.1 Å². The molecule has 2 aromatic rings. The number of hydrogen-bond acceptors (Lipinski definition) is 6. The lowest BCUT2D eigenvalue weighted by Crippen LogP contribution is -2.11. The maximum Gasteiger partial charge on any atom is 0.293 e. The van der Waals surface area contributed by atoms with E-state index in [-0.39, 0.29) is 17.6 Å². The lowest BCUT2D eigenvalue weighted by molar-refractivity contribution is -0.383. The first-order valence-corrected chi connectivity index (χ1v) is 5.83. The monoisotopic (exact) mass is 262 g/mol. The summed E-state index contributed by atoms with van der Waals surface area (Å²) in [4.78, 5) is 14.7. The van der Waals surface area contributed by atoms with Crippen molar-refractivity contribution in [3.05, 3.63) is 34.1 Å². The molecule has 0 atom stereocenters. The third-order valence-electron chi connectivity index (χ3n) is 2.41. The second kappa shape index (κ2) is 5.05. The molecule has 0 spiro atoms. The van der Waals surface area contributed by atoms with E-state index in [1.165, 1.54) is 6.07 Å². The van der Waals surface area contributed by atoms with E-state index in [9.17, 15) is 10.1 Å². The third-order valence-corrected chi connectivity index (χ3v) is 2.41. The fourth-order valence-electron chi connectivity index (χ4n) is 1.66. The normalized spacial score (nSPS) is 10.7. The molecule has 0 aliphatic carbocycles. The van der Waals surface area contributed by atoms with Crippen LogP contribution in [0.5, 0.6) is 0 Å². The summed E-state index contributed by atoms with van der Waals surface area (Å²) >= 11 is 0. The zero-order valence-electron chi connectivity index (χ0n) is 10.9. The number of anilines is 1. The van der Waals surface area contributed by atoms with E-state index in [0.717, 1.165) is 0 Å². The third kappa shape index (κ3) is 2.87. The van der Waals surface area contributed by atoms with E-state index < -0.39 is 4.92 Å². The minimum absolute atomic E-state index is 0.0120. The highest BCUT2D eigenvalue weighted by atomic mass is 16.6. The maximum atomic E-state index is 11.1. The minimum atomic E-state index is -0.433. The average molecular weight is 262 g/mol. The predicted molar refractivity (Wildman–Crippen MR) is 69.9 cm³/mol. The number of benzene rings is 1. The van der Waals surface area contributed by atoms with Gasteiger partial charge in [-0.3, -0.25) is 10.1 Å². The Labute approximate surface area is 109 Å². The van der Waals surface area contributed by atoms with Crippen molar-refractivity contribution in [3.63, 3.8) is 0 Å². The summed E-state index contributed by atoms with van der Waals surface area (Å²) in [6.07, 6.45) is 0. The van der Waals surface area contributed by atoms with Gasteiger partial charge in [0.05, 0.1) is 4.92 Å². The van der Waals surface area contributed by atoms with Gasteiger partial charge < -0.3 is 9.84 Å². The fraction of sp³-hybridized carbons (Fsp3) is 0.333. The summed E-state index contributed by atoms with van der Waals surface area (Å²) in [5.41, 5.74) is 0.989. The van der Waals surface area contributed by atoms with Gasteiger partial charge in [0.25, 0.3) is 11.6 Å². The van der Waals surface area contributed by atoms with Crippen LogP contribution in [0.15, 0.2) is 22.7 Å². The van der Waals surface area contributed by atoms with Gasteiger partial charge in [-0.2, -0.15) is 4.98 Å². The van der Waals surface area contributed by atoms with Crippen LogP contribution in [0.2, 0.25) is 0 Å². The number of hydrogen-bond donors (Lipinski definition) is 1. The van der Waals surface area contributed by atoms with Crippen molar-refractivity contribution in [1.29, 1.82) is 0 Å². The molecule has 1 aromatic carbocycles. The predicted octanol–water partition coefficient (Wildman–Crippen LogP) is 2.77. The van der Waals surface area contributed by atoms with Gasteiger partial charge in [0.2, 0.25) is 0 Å². The Balaban J connectivity index is 2.44. The molecule has 1 heterocycles. The number of nitro groups is 1. The van der Waals surface area contributed by atoms with E-state index in [1.54, 1.807) is 19.1 Å². The number of nitrogens with one attached hydrogen (secondary N) is 1. The molecule has 0 amide bonds. The molecule has 100 valence electrons. The Morgan fingerprint density at radius 2 is 2.16 bits per heavy atom. The van der Waals surface area contributed by atoms with Gasteiger partial charge in [0, 0.05) is 17.7 Å². The largest absolute Gasteiger partial charge is 0.377 e. The van der Waals surface area contributed by atoms with Gasteiger partial charge >= 0.3 is 0 Å². The number of rotatable bonds is 4. The van der Waals surface area contributed by atoms with Gasteiger partial charge in [-0.1, -0.05) is 5.16 Å². The van der Waals surface area contributed by atoms with E-state index in [1.807, 2.05) is 13.8 Å². The van der Waals surface area contributed by atoms with Crippen molar-refractivity contribution in [2.75, 3.05) is 5.32 Å². The Bertz CT molecular complexity index is 607. The van der Waals surface area contributed by atoms with Crippen LogP contribution in [-0.4, -0.2) is 21.1 Å². The number of aromatic nitrogens is 2. The SMILES string of the molecule is Cc1noc(-c2ccc(NC(C)C)c([N+](=O)[O-])c2)n1. The minimum Gasteiger partial charge on any atom is -0.377 e. The molecule has 7 heteroatoms. The van der Waals surface area contributed by atoms with Gasteiger partial charge in [-0.25, -0.2) is 0 Å². The van der Waals surface area contributed by atoms with Crippen LogP contribution in [0.1, 0.15) is 19.7 Å². The van der Waals surface area contributed by atoms with Crippen LogP contribution in [0, 0.1) is 17.0 Å². The molecule has 0 fully saturated rings. The van der Waals surface area contributed by atoms with Gasteiger partial charge in [-0.05, 0) is 32.9 Å². The quantitative estimate of drug-likeness (QED) is 0.672. The molecule has 0 saturated heterocycles. The molecule has 0 radical (unpaired) electrons. The number of aryl methyl sites for hydroxylation is 1. The summed E-state index contributed by atoms with van der Waals surface area (Å²) in [5.74, 6) is 0.763. The zero-order valence-corrected chi connectivity index (χ0v) is 10.9. The van der Waals surface area contributed by atoms with Crippen LogP contribution >= 0.6 is 0 Å². The van der Waals surface area contributed by atoms with Crippen molar-refractivity contribution in [3.8, 4) is 11.5 Å². The van der Waals surface area contributed by atoms with E-state index in [2.05, 4.69) is 15.5 Å². The summed E-state index contributed by atoms with van der Waals surface area (Å²) in [7, 11) is 0. The van der Waals surface area contributed by atoms with Crippen LogP contribution < -0.4 is 5.32 Å². The van der Waals surface area contributed by atoms with Crippen LogP contribution in [-0.2, 0) is 0 Å². The number of nitrogens with zero attached hydrogens (tertiary/aromatic N) is 3. The molecular weight excluding hydrogens is 248 g/mol. The fourth-order valence-corrected chi connectivity index (χ4v) is 1.66. The van der Waals surface area contributed by atoms with Gasteiger partial charge in [0.1, 0.15) is 5.69 Å². The smallest absolute Gasteiger partial charge is 0.293 e. The van der Waals surface area contributed by atoms with Gasteiger partial charge in [-0.15, -0.1) is 0 Å². The van der Waals surface area contributed by atoms with E-state index >= 15 is 0 Å². The van der Waals surface area contributed by atoms with Crippen LogP contribution in [0.4, 0.5) is 11.4 Å². The molecular formula is C12H14N4O3. The maximum absolute atomic E-state index is 11.1. The summed E-state index contributed by atoms with van der Waals surface area (Å²) < 4.78 is 5.00. The Hall–Kier alpha value is -2.44. The van der Waals surface area contributed by atoms with Crippen molar-refractivity contribution in [2.45, 2.75) is 26.8 Å². The van der Waals surface area contributed by atoms with Crippen molar-refractivity contribution >= 4 is 11.4 Å². The number of nitro benzene ring substituents is 1. The molecule has 19 heavy (non-hydrogen) atoms. The molecule has 0 saturated carbocycles. The first-order chi connectivity index (χ1) is 8.97. The lowest BCUT2D eigenvalue weighted by atomic mass is 10.1. The molecule has 0 bridgehead atoms. The van der Waals surface area contributed by atoms with Crippen LogP contribution in [0.25, 0.3) is 11.5 Å². The molecule has 7 nitrogen and oxygen atoms in total. The molecule has 0 aliphatic rings. The second-order valence-corrected chi connectivity index (χ2v) is 4.43. The second-order valence-electron chi connectivity index (χ2n) is 4.43. The molecule has 0 unspecified atom stereocenters. The summed E-state index contributed by atoms with van der Waals surface area (Å²) in [6.45, 7) is 5.52.